The van der Waals surface area contributed by atoms with E-state index in [0.717, 1.165) is 26.2 Å². The van der Waals surface area contributed by atoms with E-state index in [1.54, 1.807) is 0 Å². The number of hydrogen-bond acceptors (Lipinski definition) is 3. The van der Waals surface area contributed by atoms with Crippen LogP contribution in [-0.4, -0.2) is 49.8 Å². The third-order valence-corrected chi connectivity index (χ3v) is 3.58. The van der Waals surface area contributed by atoms with Gasteiger partial charge in [-0.25, -0.2) is 0 Å². The summed E-state index contributed by atoms with van der Waals surface area (Å²) in [5.41, 5.74) is 0.485. The first-order chi connectivity index (χ1) is 8.68. The molecule has 1 saturated heterocycles. The lowest BCUT2D eigenvalue weighted by Crippen LogP contribution is -2.46. The second-order valence-corrected chi connectivity index (χ2v) is 7.95. The van der Waals surface area contributed by atoms with Crippen molar-refractivity contribution in [3.8, 4) is 0 Å². The molecule has 0 aromatic heterocycles. The molecule has 0 radical (unpaired) electrons. The van der Waals surface area contributed by atoms with E-state index in [9.17, 15) is 0 Å². The molecule has 1 aliphatic rings. The zero-order chi connectivity index (χ0) is 14.5. The van der Waals surface area contributed by atoms with Gasteiger partial charge >= 0.3 is 0 Å². The molecule has 1 unspecified atom stereocenters. The van der Waals surface area contributed by atoms with Gasteiger partial charge in [0.1, 0.15) is 0 Å². The predicted octanol–water partition coefficient (Wildman–Crippen LogP) is 2.90. The molecule has 0 aromatic carbocycles. The van der Waals surface area contributed by atoms with Crippen molar-refractivity contribution in [3.05, 3.63) is 0 Å². The number of hydrogen-bond donors (Lipinski definition) is 1. The molecule has 1 aliphatic heterocycles. The molecule has 3 heteroatoms. The van der Waals surface area contributed by atoms with Gasteiger partial charge in [-0.05, 0) is 52.5 Å². The smallest absolute Gasteiger partial charge is 0.0701 e. The Balaban J connectivity index is 2.30. The van der Waals surface area contributed by atoms with E-state index in [1.807, 2.05) is 0 Å². The van der Waals surface area contributed by atoms with E-state index >= 15 is 0 Å². The number of rotatable bonds is 6. The summed E-state index contributed by atoms with van der Waals surface area (Å²) in [6.45, 7) is 15.5. The third kappa shape index (κ3) is 7.91. The second-order valence-electron chi connectivity index (χ2n) is 7.95. The van der Waals surface area contributed by atoms with Crippen molar-refractivity contribution in [2.75, 3.05) is 33.3 Å². The molecule has 1 fully saturated rings. The molecule has 1 N–H and O–H groups in total. The average Bonchev–Trinajstić information content (AvgIpc) is 2.26. The van der Waals surface area contributed by atoms with Gasteiger partial charge in [-0.2, -0.15) is 0 Å². The lowest BCUT2D eigenvalue weighted by molar-refractivity contribution is -0.00639. The number of ether oxygens (including phenoxy) is 1. The van der Waals surface area contributed by atoms with Crippen molar-refractivity contribution >= 4 is 0 Å². The molecule has 1 atom stereocenters. The van der Waals surface area contributed by atoms with E-state index in [-0.39, 0.29) is 11.0 Å². The maximum Gasteiger partial charge on any atom is 0.0701 e. The van der Waals surface area contributed by atoms with Crippen LogP contribution in [0.1, 0.15) is 53.9 Å². The quantitative estimate of drug-likeness (QED) is 0.803. The zero-order valence-electron chi connectivity index (χ0n) is 13.9. The van der Waals surface area contributed by atoms with Gasteiger partial charge in [0.2, 0.25) is 0 Å². The maximum atomic E-state index is 5.82. The van der Waals surface area contributed by atoms with Crippen LogP contribution in [0.15, 0.2) is 0 Å². The van der Waals surface area contributed by atoms with Gasteiger partial charge in [-0.15, -0.1) is 0 Å². The van der Waals surface area contributed by atoms with E-state index in [0.29, 0.717) is 6.10 Å². The largest absolute Gasteiger partial charge is 0.377 e. The van der Waals surface area contributed by atoms with Gasteiger partial charge in [0.25, 0.3) is 0 Å². The Labute approximate surface area is 120 Å². The van der Waals surface area contributed by atoms with Crippen molar-refractivity contribution < 1.29 is 4.74 Å². The molecular weight excluding hydrogens is 236 g/mol. The van der Waals surface area contributed by atoms with Crippen LogP contribution in [-0.2, 0) is 4.74 Å². The fourth-order valence-corrected chi connectivity index (χ4v) is 2.65. The summed E-state index contributed by atoms with van der Waals surface area (Å²) < 4.78 is 5.82. The van der Waals surface area contributed by atoms with Gasteiger partial charge in [0.15, 0.2) is 0 Å². The van der Waals surface area contributed by atoms with Crippen LogP contribution in [0, 0.1) is 5.41 Å². The van der Waals surface area contributed by atoms with Gasteiger partial charge in [0.05, 0.1) is 6.10 Å². The van der Waals surface area contributed by atoms with Crippen molar-refractivity contribution in [2.45, 2.75) is 65.5 Å². The molecular formula is C16H34N2O. The van der Waals surface area contributed by atoms with E-state index < -0.39 is 0 Å². The first-order valence-corrected chi connectivity index (χ1v) is 7.73. The minimum Gasteiger partial charge on any atom is -0.377 e. The SMILES string of the molecule is CN(CC1CCCCO1)CC(C)(C)CNC(C)(C)C. The first kappa shape index (κ1) is 16.9. The highest BCUT2D eigenvalue weighted by atomic mass is 16.5. The number of nitrogens with zero attached hydrogens (tertiary/aromatic N) is 1. The van der Waals surface area contributed by atoms with Crippen molar-refractivity contribution in [1.82, 2.24) is 10.2 Å². The van der Waals surface area contributed by atoms with Crippen molar-refractivity contribution in [2.24, 2.45) is 5.41 Å². The normalized spacial score (nSPS) is 21.9. The van der Waals surface area contributed by atoms with Crippen LogP contribution in [0.2, 0.25) is 0 Å². The maximum absolute atomic E-state index is 5.82. The fourth-order valence-electron chi connectivity index (χ4n) is 2.65. The molecule has 0 amide bonds. The Bertz CT molecular complexity index is 252. The summed E-state index contributed by atoms with van der Waals surface area (Å²) in [5.74, 6) is 0. The summed E-state index contributed by atoms with van der Waals surface area (Å²) in [6, 6.07) is 0. The molecule has 3 nitrogen and oxygen atoms in total. The monoisotopic (exact) mass is 270 g/mol. The molecule has 0 saturated carbocycles. The Morgan fingerprint density at radius 3 is 2.37 bits per heavy atom. The predicted molar refractivity (Wildman–Crippen MR) is 82.6 cm³/mol. The summed E-state index contributed by atoms with van der Waals surface area (Å²) in [7, 11) is 2.22. The summed E-state index contributed by atoms with van der Waals surface area (Å²) >= 11 is 0. The minimum absolute atomic E-state index is 0.197. The highest BCUT2D eigenvalue weighted by Crippen LogP contribution is 2.19. The first-order valence-electron chi connectivity index (χ1n) is 7.73. The molecule has 0 aromatic rings. The lowest BCUT2D eigenvalue weighted by Gasteiger charge is -2.35. The van der Waals surface area contributed by atoms with Crippen LogP contribution in [0.4, 0.5) is 0 Å². The highest BCUT2D eigenvalue weighted by Gasteiger charge is 2.24. The Morgan fingerprint density at radius 2 is 1.84 bits per heavy atom. The van der Waals surface area contributed by atoms with Gasteiger partial charge in [-0.3, -0.25) is 0 Å². The average molecular weight is 270 g/mol. The van der Waals surface area contributed by atoms with E-state index in [4.69, 9.17) is 4.74 Å². The number of likely N-dealkylation sites (N-methyl/N-ethyl adjacent to an activating group) is 1. The van der Waals surface area contributed by atoms with Crippen molar-refractivity contribution in [1.29, 1.82) is 0 Å². The van der Waals surface area contributed by atoms with Crippen LogP contribution in [0.3, 0.4) is 0 Å². The summed E-state index contributed by atoms with van der Waals surface area (Å²) in [6.07, 6.45) is 4.24. The molecule has 19 heavy (non-hydrogen) atoms. The van der Waals surface area contributed by atoms with Gasteiger partial charge in [-0.1, -0.05) is 13.8 Å². The Hall–Kier alpha value is -0.120. The highest BCUT2D eigenvalue weighted by molar-refractivity contribution is 4.81. The third-order valence-electron chi connectivity index (χ3n) is 3.58. The molecule has 1 heterocycles. The van der Waals surface area contributed by atoms with E-state index in [1.165, 1.54) is 19.3 Å². The molecule has 0 bridgehead atoms. The standard InChI is InChI=1S/C16H34N2O/c1-15(2,3)17-12-16(4,5)13-18(6)11-14-9-7-8-10-19-14/h14,17H,7-13H2,1-6H3. The molecule has 1 rings (SSSR count). The van der Waals surface area contributed by atoms with Crippen LogP contribution >= 0.6 is 0 Å². The molecule has 0 spiro atoms. The van der Waals surface area contributed by atoms with Crippen LogP contribution < -0.4 is 5.32 Å². The second kappa shape index (κ2) is 7.05. The molecule has 114 valence electrons. The van der Waals surface area contributed by atoms with Crippen molar-refractivity contribution in [3.63, 3.8) is 0 Å². The van der Waals surface area contributed by atoms with E-state index in [2.05, 4.69) is 51.9 Å². The zero-order valence-corrected chi connectivity index (χ0v) is 13.9. The van der Waals surface area contributed by atoms with Crippen LogP contribution in [0.5, 0.6) is 0 Å². The van der Waals surface area contributed by atoms with Gasteiger partial charge in [0, 0.05) is 31.8 Å². The topological polar surface area (TPSA) is 24.5 Å². The number of nitrogens with one attached hydrogen (secondary N) is 1. The molecule has 0 aliphatic carbocycles. The fraction of sp³-hybridized carbons (Fsp3) is 1.00. The summed E-state index contributed by atoms with van der Waals surface area (Å²) in [4.78, 5) is 2.43. The Morgan fingerprint density at radius 1 is 1.16 bits per heavy atom. The minimum atomic E-state index is 0.197. The Kier molecular flexibility index (Phi) is 6.28. The van der Waals surface area contributed by atoms with Crippen LogP contribution in [0.25, 0.3) is 0 Å². The van der Waals surface area contributed by atoms with Gasteiger partial charge < -0.3 is 15.0 Å². The summed E-state index contributed by atoms with van der Waals surface area (Å²) in [5, 5.41) is 3.61. The lowest BCUT2D eigenvalue weighted by atomic mass is 9.91.